The van der Waals surface area contributed by atoms with Gasteiger partial charge in [0.2, 0.25) is 0 Å². The summed E-state index contributed by atoms with van der Waals surface area (Å²) in [6, 6.07) is 34.1. The molecule has 0 amide bonds. The third-order valence-corrected chi connectivity index (χ3v) is 6.86. The van der Waals surface area contributed by atoms with Gasteiger partial charge >= 0.3 is 0 Å². The molecule has 0 bridgehead atoms. The number of hydrogen-bond donors (Lipinski definition) is 0. The Balaban J connectivity index is 0.000000593. The summed E-state index contributed by atoms with van der Waals surface area (Å²) in [5.41, 5.74) is 12.9. The molecule has 0 heteroatoms. The smallest absolute Gasteiger partial charge is 0.0683 e. The van der Waals surface area contributed by atoms with E-state index in [0.717, 1.165) is 0 Å². The Kier molecular flexibility index (Phi) is 14.0. The quantitative estimate of drug-likeness (QED) is 0.172. The van der Waals surface area contributed by atoms with Crippen LogP contribution >= 0.6 is 0 Å². The second-order valence-corrected chi connectivity index (χ2v) is 12.4. The van der Waals surface area contributed by atoms with Crippen molar-refractivity contribution in [2.45, 2.75) is 115 Å². The lowest BCUT2D eigenvalue weighted by Gasteiger charge is -2.31. The van der Waals surface area contributed by atoms with Crippen LogP contribution in [0.3, 0.4) is 0 Å². The Hall–Kier alpha value is -3.12. The van der Waals surface area contributed by atoms with Gasteiger partial charge in [-0.2, -0.15) is 0 Å². The van der Waals surface area contributed by atoms with E-state index < -0.39 is 0 Å². The van der Waals surface area contributed by atoms with Crippen LogP contribution in [0.5, 0.6) is 0 Å². The van der Waals surface area contributed by atoms with Crippen LogP contribution in [0.15, 0.2) is 91.0 Å². The van der Waals surface area contributed by atoms with Gasteiger partial charge in [-0.05, 0) is 60.9 Å². The molecule has 4 aromatic rings. The number of hydrogen-bond acceptors (Lipinski definition) is 0. The van der Waals surface area contributed by atoms with E-state index in [-0.39, 0.29) is 10.8 Å². The summed E-state index contributed by atoms with van der Waals surface area (Å²) in [7, 11) is 0. The molecular formula is C42H60. The van der Waals surface area contributed by atoms with E-state index in [1.807, 2.05) is 55.4 Å². The lowest BCUT2D eigenvalue weighted by atomic mass is 9.69. The summed E-state index contributed by atoms with van der Waals surface area (Å²) >= 11 is 0. The van der Waals surface area contributed by atoms with E-state index in [4.69, 9.17) is 0 Å². The molecule has 0 radical (unpaired) electrons. The molecule has 0 aromatic heterocycles. The summed E-state index contributed by atoms with van der Waals surface area (Å²) in [5.74, 6) is 0. The molecule has 0 aliphatic heterocycles. The van der Waals surface area contributed by atoms with Crippen LogP contribution in [0.1, 0.15) is 132 Å². The zero-order valence-corrected chi connectivity index (χ0v) is 29.7. The minimum Gasteiger partial charge on any atom is -0.0683 e. The predicted octanol–water partition coefficient (Wildman–Crippen LogP) is 13.5. The third-order valence-electron chi connectivity index (χ3n) is 6.86. The zero-order chi connectivity index (χ0) is 32.3. The first-order valence-corrected chi connectivity index (χ1v) is 16.5. The van der Waals surface area contributed by atoms with E-state index in [9.17, 15) is 0 Å². The molecule has 0 nitrogen and oxygen atoms in total. The molecule has 1 spiro atoms. The van der Waals surface area contributed by atoms with E-state index >= 15 is 0 Å². The predicted molar refractivity (Wildman–Crippen MR) is 192 cm³/mol. The maximum absolute atomic E-state index is 2.48. The summed E-state index contributed by atoms with van der Waals surface area (Å²) in [6.07, 6.45) is 0. The van der Waals surface area contributed by atoms with Gasteiger partial charge in [-0.25, -0.2) is 0 Å². The van der Waals surface area contributed by atoms with Gasteiger partial charge in [0.25, 0.3) is 0 Å². The molecule has 0 fully saturated rings. The molecular weight excluding hydrogens is 504 g/mol. The average molecular weight is 565 g/mol. The monoisotopic (exact) mass is 564 g/mol. The SMILES string of the molecule is CC.CC.CC.CC.CC(C)(C)C.CC(C)(C)c1ccc2c(c1)C1(c3ccccc3-c3ccccc31)c1ccccc1-2. The third kappa shape index (κ3) is 7.26. The van der Waals surface area contributed by atoms with Crippen LogP contribution < -0.4 is 0 Å². The minimum atomic E-state index is -0.222. The first kappa shape index (κ1) is 36.9. The summed E-state index contributed by atoms with van der Waals surface area (Å²) in [4.78, 5) is 0. The molecule has 0 saturated heterocycles. The molecule has 2 aliphatic carbocycles. The Morgan fingerprint density at radius 1 is 0.381 bits per heavy atom. The Labute approximate surface area is 260 Å². The van der Waals surface area contributed by atoms with Gasteiger partial charge in [0, 0.05) is 0 Å². The molecule has 0 N–H and O–H groups in total. The molecule has 0 saturated carbocycles. The van der Waals surface area contributed by atoms with Crippen molar-refractivity contribution in [3.05, 3.63) is 119 Å². The maximum atomic E-state index is 2.48. The lowest BCUT2D eigenvalue weighted by Crippen LogP contribution is -2.26. The van der Waals surface area contributed by atoms with Crippen LogP contribution in [0.2, 0.25) is 0 Å². The number of benzene rings is 4. The van der Waals surface area contributed by atoms with Gasteiger partial charge in [0.05, 0.1) is 5.41 Å². The van der Waals surface area contributed by atoms with Crippen molar-refractivity contribution in [1.82, 2.24) is 0 Å². The fraction of sp³-hybridized carbons (Fsp3) is 0.429. The number of rotatable bonds is 0. The molecule has 4 aromatic carbocycles. The van der Waals surface area contributed by atoms with Crippen molar-refractivity contribution in [2.75, 3.05) is 0 Å². The van der Waals surface area contributed by atoms with Crippen LogP contribution in [-0.4, -0.2) is 0 Å². The molecule has 228 valence electrons. The summed E-state index contributed by atoms with van der Waals surface area (Å²) < 4.78 is 0. The van der Waals surface area contributed by atoms with Crippen LogP contribution in [-0.2, 0) is 10.8 Å². The van der Waals surface area contributed by atoms with E-state index in [2.05, 4.69) is 139 Å². The van der Waals surface area contributed by atoms with Crippen molar-refractivity contribution in [3.8, 4) is 22.3 Å². The first-order valence-electron chi connectivity index (χ1n) is 16.5. The largest absolute Gasteiger partial charge is 0.0725 e. The average Bonchev–Trinajstić information content (AvgIpc) is 3.47. The lowest BCUT2D eigenvalue weighted by molar-refractivity contribution is 0.469. The normalized spacial score (nSPS) is 12.4. The van der Waals surface area contributed by atoms with Crippen LogP contribution in [0.4, 0.5) is 0 Å². The standard InChI is InChI=1S/C29H24.C5H12.4C2H6/c1-28(2,3)19-16-17-23-22-12-6-9-15-26(22)29(27(23)18-19)24-13-7-4-10-20(24)21-11-5-8-14-25(21)29;1-5(2,3)4;4*1-2/h4-18H,1-3H3;1-4H3;4*1-2H3. The maximum Gasteiger partial charge on any atom is 0.0725 e. The number of fused-ring (bicyclic) bond motifs is 10. The van der Waals surface area contributed by atoms with Gasteiger partial charge in [0.15, 0.2) is 0 Å². The van der Waals surface area contributed by atoms with Crippen molar-refractivity contribution in [3.63, 3.8) is 0 Å². The van der Waals surface area contributed by atoms with Gasteiger partial charge in [0.1, 0.15) is 0 Å². The molecule has 6 rings (SSSR count). The Bertz CT molecular complexity index is 1300. The second kappa shape index (κ2) is 15.9. The van der Waals surface area contributed by atoms with Crippen LogP contribution in [0, 0.1) is 5.41 Å². The van der Waals surface area contributed by atoms with Crippen molar-refractivity contribution in [1.29, 1.82) is 0 Å². The van der Waals surface area contributed by atoms with Gasteiger partial charge in [-0.3, -0.25) is 0 Å². The second-order valence-electron chi connectivity index (χ2n) is 12.4. The minimum absolute atomic E-state index is 0.114. The van der Waals surface area contributed by atoms with E-state index in [0.29, 0.717) is 5.41 Å². The summed E-state index contributed by atoms with van der Waals surface area (Å²) in [6.45, 7) is 31.7. The van der Waals surface area contributed by atoms with Gasteiger partial charge in [-0.15, -0.1) is 0 Å². The summed E-state index contributed by atoms with van der Waals surface area (Å²) in [5, 5.41) is 0. The fourth-order valence-corrected chi connectivity index (χ4v) is 5.56. The van der Waals surface area contributed by atoms with E-state index in [1.54, 1.807) is 0 Å². The van der Waals surface area contributed by atoms with Crippen LogP contribution in [0.25, 0.3) is 22.3 Å². The van der Waals surface area contributed by atoms with Gasteiger partial charge in [-0.1, -0.05) is 195 Å². The van der Waals surface area contributed by atoms with E-state index in [1.165, 1.54) is 50.1 Å². The topological polar surface area (TPSA) is 0 Å². The highest BCUT2D eigenvalue weighted by Gasteiger charge is 2.51. The fourth-order valence-electron chi connectivity index (χ4n) is 5.56. The molecule has 0 atom stereocenters. The Morgan fingerprint density at radius 2 is 0.667 bits per heavy atom. The highest BCUT2D eigenvalue weighted by atomic mass is 14.5. The highest BCUT2D eigenvalue weighted by Crippen LogP contribution is 2.62. The Morgan fingerprint density at radius 3 is 0.976 bits per heavy atom. The highest BCUT2D eigenvalue weighted by molar-refractivity contribution is 5.95. The molecule has 42 heavy (non-hydrogen) atoms. The zero-order valence-electron chi connectivity index (χ0n) is 29.7. The first-order chi connectivity index (χ1) is 20.0. The van der Waals surface area contributed by atoms with Gasteiger partial charge < -0.3 is 0 Å². The van der Waals surface area contributed by atoms with Crippen molar-refractivity contribution >= 4 is 0 Å². The molecule has 0 heterocycles. The van der Waals surface area contributed by atoms with Crippen molar-refractivity contribution in [2.24, 2.45) is 5.41 Å². The van der Waals surface area contributed by atoms with Crippen molar-refractivity contribution < 1.29 is 0 Å². The molecule has 2 aliphatic rings. The molecule has 0 unspecified atom stereocenters.